The molecule has 1 unspecified atom stereocenters. The minimum absolute atomic E-state index is 0.0336. The van der Waals surface area contributed by atoms with E-state index in [-0.39, 0.29) is 17.8 Å². The van der Waals surface area contributed by atoms with Gasteiger partial charge in [-0.2, -0.15) is 4.98 Å². The number of aromatic nitrogens is 1. The maximum absolute atomic E-state index is 12.9. The monoisotopic (exact) mass is 385 g/mol. The van der Waals surface area contributed by atoms with Crippen LogP contribution in [-0.4, -0.2) is 35.8 Å². The molecule has 7 heteroatoms. The summed E-state index contributed by atoms with van der Waals surface area (Å²) in [4.78, 5) is 19.7. The molecule has 2 aromatic carbocycles. The van der Waals surface area contributed by atoms with Crippen LogP contribution in [0.4, 0.5) is 10.4 Å². The van der Waals surface area contributed by atoms with E-state index in [4.69, 9.17) is 4.42 Å². The number of para-hydroxylation sites is 2. The number of hydrogen-bond acceptors (Lipinski definition) is 5. The Labute approximate surface area is 160 Å². The fraction of sp³-hybridized carbons (Fsp3) is 0.300. The van der Waals surface area contributed by atoms with E-state index in [0.717, 1.165) is 35.4 Å². The van der Waals surface area contributed by atoms with Gasteiger partial charge >= 0.3 is 0 Å². The quantitative estimate of drug-likeness (QED) is 0.653. The minimum Gasteiger partial charge on any atom is -0.423 e. The Morgan fingerprint density at radius 1 is 1.26 bits per heavy atom. The third-order valence-electron chi connectivity index (χ3n) is 4.62. The summed E-state index contributed by atoms with van der Waals surface area (Å²) in [6.45, 7) is 1.43. The minimum atomic E-state index is -0.274. The first kappa shape index (κ1) is 17.9. The van der Waals surface area contributed by atoms with E-state index in [1.54, 1.807) is 12.1 Å². The molecular formula is C20H20FN3O2S. The molecule has 2 heterocycles. The fourth-order valence-corrected chi connectivity index (χ4v) is 3.97. The highest BCUT2D eigenvalue weighted by atomic mass is 32.2. The van der Waals surface area contributed by atoms with Crippen LogP contribution in [0.5, 0.6) is 0 Å². The number of anilines is 1. The van der Waals surface area contributed by atoms with Gasteiger partial charge in [-0.1, -0.05) is 12.1 Å². The van der Waals surface area contributed by atoms with Gasteiger partial charge in [0.05, 0.1) is 11.8 Å². The second kappa shape index (κ2) is 8.00. The molecule has 5 nitrogen and oxygen atoms in total. The van der Waals surface area contributed by atoms with Crippen molar-refractivity contribution >= 4 is 34.8 Å². The van der Waals surface area contributed by atoms with Gasteiger partial charge in [-0.05, 0) is 49.2 Å². The molecule has 1 aliphatic heterocycles. The number of fused-ring (bicyclic) bond motifs is 1. The number of carbonyl (C=O) groups is 1. The second-order valence-electron chi connectivity index (χ2n) is 6.50. The lowest BCUT2D eigenvalue weighted by atomic mass is 10.2. The van der Waals surface area contributed by atoms with Crippen molar-refractivity contribution in [2.75, 3.05) is 23.7 Å². The van der Waals surface area contributed by atoms with Crippen LogP contribution in [0.15, 0.2) is 57.8 Å². The predicted octanol–water partition coefficient (Wildman–Crippen LogP) is 3.84. The Kier molecular flexibility index (Phi) is 5.29. The average Bonchev–Trinajstić information content (AvgIpc) is 3.32. The van der Waals surface area contributed by atoms with Gasteiger partial charge in [0.25, 0.3) is 6.01 Å². The van der Waals surface area contributed by atoms with Crippen molar-refractivity contribution in [2.45, 2.75) is 23.8 Å². The lowest BCUT2D eigenvalue weighted by molar-refractivity contribution is -0.118. The van der Waals surface area contributed by atoms with Gasteiger partial charge in [0.15, 0.2) is 5.58 Å². The smallest absolute Gasteiger partial charge is 0.298 e. The molecule has 0 saturated carbocycles. The van der Waals surface area contributed by atoms with Crippen molar-refractivity contribution in [1.29, 1.82) is 0 Å². The topological polar surface area (TPSA) is 58.4 Å². The third-order valence-corrected chi connectivity index (χ3v) is 5.64. The highest BCUT2D eigenvalue weighted by Gasteiger charge is 2.28. The van der Waals surface area contributed by atoms with Gasteiger partial charge in [0.2, 0.25) is 5.91 Å². The molecule has 1 fully saturated rings. The summed E-state index contributed by atoms with van der Waals surface area (Å²) >= 11 is 1.40. The first-order valence-corrected chi connectivity index (χ1v) is 9.95. The molecule has 0 aliphatic carbocycles. The summed E-state index contributed by atoms with van der Waals surface area (Å²) in [6, 6.07) is 14.7. The standard InChI is InChI=1S/C20H20FN3O2S/c21-14-7-9-16(10-8-14)27-13-19(25)22-12-15-4-3-11-24(15)20-23-17-5-1-2-6-18(17)26-20/h1-2,5-10,15H,3-4,11-13H2,(H,22,25). The van der Waals surface area contributed by atoms with E-state index < -0.39 is 0 Å². The highest BCUT2D eigenvalue weighted by molar-refractivity contribution is 8.00. The SMILES string of the molecule is O=C(CSc1ccc(F)cc1)NCC1CCCN1c1nc2ccccc2o1. The average molecular weight is 385 g/mol. The molecule has 4 rings (SSSR count). The normalized spacial score (nSPS) is 16.8. The largest absolute Gasteiger partial charge is 0.423 e. The van der Waals surface area contributed by atoms with Gasteiger partial charge in [-0.15, -0.1) is 11.8 Å². The Morgan fingerprint density at radius 2 is 2.07 bits per heavy atom. The zero-order chi connectivity index (χ0) is 18.6. The summed E-state index contributed by atoms with van der Waals surface area (Å²) in [5.41, 5.74) is 1.62. The second-order valence-corrected chi connectivity index (χ2v) is 7.55. The van der Waals surface area contributed by atoms with E-state index in [9.17, 15) is 9.18 Å². The van der Waals surface area contributed by atoms with E-state index >= 15 is 0 Å². The number of amides is 1. The number of rotatable bonds is 6. The van der Waals surface area contributed by atoms with Gasteiger partial charge in [0, 0.05) is 18.0 Å². The van der Waals surface area contributed by atoms with E-state index in [1.807, 2.05) is 24.3 Å². The summed E-state index contributed by atoms with van der Waals surface area (Å²) in [7, 11) is 0. The zero-order valence-corrected chi connectivity index (χ0v) is 15.5. The first-order chi connectivity index (χ1) is 13.2. The lowest BCUT2D eigenvalue weighted by Crippen LogP contribution is -2.41. The van der Waals surface area contributed by atoms with Gasteiger partial charge < -0.3 is 14.6 Å². The Morgan fingerprint density at radius 3 is 2.89 bits per heavy atom. The summed E-state index contributed by atoms with van der Waals surface area (Å²) in [5, 5.41) is 2.99. The van der Waals surface area contributed by atoms with Crippen molar-refractivity contribution in [3.63, 3.8) is 0 Å². The van der Waals surface area contributed by atoms with Crippen LogP contribution in [0.2, 0.25) is 0 Å². The Bertz CT molecular complexity index is 895. The molecule has 0 bridgehead atoms. The molecule has 1 saturated heterocycles. The molecule has 0 spiro atoms. The fourth-order valence-electron chi connectivity index (χ4n) is 3.25. The summed E-state index contributed by atoms with van der Waals surface area (Å²) in [6.07, 6.45) is 2.04. The van der Waals surface area contributed by atoms with Crippen molar-refractivity contribution in [1.82, 2.24) is 10.3 Å². The number of oxazole rings is 1. The highest BCUT2D eigenvalue weighted by Crippen LogP contribution is 2.28. The van der Waals surface area contributed by atoms with Crippen LogP contribution in [0.3, 0.4) is 0 Å². The molecule has 0 radical (unpaired) electrons. The number of hydrogen-bond donors (Lipinski definition) is 1. The number of carbonyl (C=O) groups excluding carboxylic acids is 1. The number of nitrogens with one attached hydrogen (secondary N) is 1. The zero-order valence-electron chi connectivity index (χ0n) is 14.7. The molecule has 1 aromatic heterocycles. The molecule has 1 atom stereocenters. The van der Waals surface area contributed by atoms with E-state index in [1.165, 1.54) is 23.9 Å². The molecule has 27 heavy (non-hydrogen) atoms. The van der Waals surface area contributed by atoms with Gasteiger partial charge in [-0.25, -0.2) is 4.39 Å². The maximum atomic E-state index is 12.9. The third kappa shape index (κ3) is 4.24. The number of benzene rings is 2. The van der Waals surface area contributed by atoms with Crippen molar-refractivity contribution in [3.8, 4) is 0 Å². The predicted molar refractivity (Wildman–Crippen MR) is 105 cm³/mol. The van der Waals surface area contributed by atoms with Crippen LogP contribution in [0, 0.1) is 5.82 Å². The van der Waals surface area contributed by atoms with Gasteiger partial charge in [-0.3, -0.25) is 4.79 Å². The van der Waals surface area contributed by atoms with E-state index in [0.29, 0.717) is 18.3 Å². The summed E-state index contributed by atoms with van der Waals surface area (Å²) in [5.74, 6) is -0.000563. The molecular weight excluding hydrogens is 365 g/mol. The molecule has 1 N–H and O–H groups in total. The van der Waals surface area contributed by atoms with Crippen LogP contribution >= 0.6 is 11.8 Å². The molecule has 1 aliphatic rings. The Balaban J connectivity index is 1.31. The van der Waals surface area contributed by atoms with E-state index in [2.05, 4.69) is 15.2 Å². The summed E-state index contributed by atoms with van der Waals surface area (Å²) < 4.78 is 18.8. The van der Waals surface area contributed by atoms with Gasteiger partial charge in [0.1, 0.15) is 11.3 Å². The number of nitrogens with zero attached hydrogens (tertiary/aromatic N) is 2. The van der Waals surface area contributed by atoms with Crippen molar-refractivity contribution in [2.24, 2.45) is 0 Å². The number of halogens is 1. The van der Waals surface area contributed by atoms with Crippen LogP contribution in [0.25, 0.3) is 11.1 Å². The molecule has 1 amide bonds. The number of thioether (sulfide) groups is 1. The van der Waals surface area contributed by atoms with Crippen molar-refractivity contribution < 1.29 is 13.6 Å². The van der Waals surface area contributed by atoms with Crippen LogP contribution < -0.4 is 10.2 Å². The van der Waals surface area contributed by atoms with Crippen LogP contribution in [-0.2, 0) is 4.79 Å². The first-order valence-electron chi connectivity index (χ1n) is 8.96. The molecule has 140 valence electrons. The lowest BCUT2D eigenvalue weighted by Gasteiger charge is -2.23. The van der Waals surface area contributed by atoms with Crippen LogP contribution in [0.1, 0.15) is 12.8 Å². The van der Waals surface area contributed by atoms with Crippen molar-refractivity contribution in [3.05, 3.63) is 54.3 Å². The molecule has 3 aromatic rings. The Hall–Kier alpha value is -2.54. The maximum Gasteiger partial charge on any atom is 0.298 e.